The van der Waals surface area contributed by atoms with Crippen molar-refractivity contribution in [1.82, 2.24) is 33.1 Å². The zero-order valence-electron chi connectivity index (χ0n) is 70.8. The number of benzene rings is 1. The second kappa shape index (κ2) is 36.2. The molecule has 11 rings (SSSR count). The van der Waals surface area contributed by atoms with E-state index < -0.39 is 155 Å². The number of esters is 1. The number of piperidine rings is 1. The van der Waals surface area contributed by atoms with Crippen molar-refractivity contribution >= 4 is 95.1 Å². The molecule has 1 aromatic carbocycles. The van der Waals surface area contributed by atoms with Gasteiger partial charge in [-0.2, -0.15) is 0 Å². The average Bonchev–Trinajstić information content (AvgIpc) is 1.51. The molecule has 8 bridgehead atoms. The van der Waals surface area contributed by atoms with Crippen LogP contribution in [0.5, 0.6) is 0 Å². The van der Waals surface area contributed by atoms with Gasteiger partial charge in [0, 0.05) is 25.5 Å². The van der Waals surface area contributed by atoms with Gasteiger partial charge in [-0.1, -0.05) is 6.07 Å². The van der Waals surface area contributed by atoms with E-state index >= 15 is 0 Å². The fraction of sp³-hybridized carbons (Fsp3) is 0.602. The van der Waals surface area contributed by atoms with Gasteiger partial charge in [0.1, 0.15) is 29.6 Å². The molecule has 35 nitrogen and oxygen atoms in total. The number of aliphatic hydroxyl groups is 2. The van der Waals surface area contributed by atoms with E-state index in [9.17, 15) is 68.1 Å². The third-order valence-corrected chi connectivity index (χ3v) is 27.6. The van der Waals surface area contributed by atoms with Gasteiger partial charge in [-0.3, -0.25) is 4.57 Å². The number of nitrogens with zero attached hydrogens (tertiary/aromatic N) is 10. The van der Waals surface area contributed by atoms with Crippen LogP contribution in [0.3, 0.4) is 0 Å². The molecule has 7 aliphatic rings. The van der Waals surface area contributed by atoms with E-state index in [1.54, 1.807) is 55.7 Å². The number of carbonyl (C=O) groups is 9. The Morgan fingerprint density at radius 2 is 1.43 bits per heavy atom. The molecular weight excluding hydrogens is 1610 g/mol. The number of hydrogen-bond donors (Lipinski definition) is 9. The molecule has 15 N–H and O–H groups in total. The van der Waals surface area contributed by atoms with Crippen LogP contribution in [0.15, 0.2) is 92.3 Å². The number of allylic oxidation sites excluding steroid dienone is 6. The molecule has 3 aromatic heterocycles. The summed E-state index contributed by atoms with van der Waals surface area (Å²) in [6, 6.07) is 6.52. The Labute approximate surface area is 704 Å². The normalized spacial score (nSPS) is 29.6. The zero-order chi connectivity index (χ0) is 88.6. The smallest absolute Gasteiger partial charge is 0.461 e. The van der Waals surface area contributed by atoms with Crippen molar-refractivity contribution in [3.63, 3.8) is 0 Å². The number of hydrogen-bond acceptors (Lipinski definition) is 25. The van der Waals surface area contributed by atoms with E-state index in [1.807, 2.05) is 97.2 Å². The van der Waals surface area contributed by atoms with Crippen LogP contribution < -0.4 is 44.6 Å². The SMILES string of the molecule is C/C1=C2N=C(/C=C3N=C(/C(C)=C4/[C@@H](CCC(N)=O)[C@](C)(CC(N)=O)[C@](C)([C@@H]5N=C1[C@](C)(CCC(=O)NCC(C)OP(=O)([O-])O[C@H]1[C@@H](O)[C@@H](n6cnc7cc(C)c(C)cc76)O[C@@H]1CO)[C@H]5CC(N)=O)[N]4[Co+][C]#N)[C@@](C)(CC(N)=O)[C@@H]\3CCC(N)=O)C(C)(C)[C@@H]/2CCC(N)=O.CCOC(=O)c1cn2cc(C3CCN(C(=O)OC(C)(C)C)CC3)ccc2n1. The molecule has 654 valence electrons. The Hall–Kier alpha value is -9.57. The Bertz CT molecular complexity index is 5010. The second-order valence-electron chi connectivity index (χ2n) is 35.1. The van der Waals surface area contributed by atoms with Gasteiger partial charge in [0.15, 0.2) is 11.9 Å². The summed E-state index contributed by atoms with van der Waals surface area (Å²) in [5.74, 6) is -7.93. The third kappa shape index (κ3) is 19.0. The zero-order valence-corrected chi connectivity index (χ0v) is 72.8. The number of ether oxygens (including phenoxy) is 3. The van der Waals surface area contributed by atoms with E-state index in [4.69, 9.17) is 72.6 Å². The van der Waals surface area contributed by atoms with Gasteiger partial charge in [0.05, 0.1) is 30.6 Å². The maximum atomic E-state index is 14.5. The van der Waals surface area contributed by atoms with Crippen molar-refractivity contribution in [2.24, 2.45) is 94.7 Å². The molecule has 3 fully saturated rings. The van der Waals surface area contributed by atoms with Crippen molar-refractivity contribution in [1.29, 1.82) is 5.26 Å². The number of aryl methyl sites for hydroxylation is 2. The van der Waals surface area contributed by atoms with Gasteiger partial charge in [-0.15, -0.1) is 0 Å². The number of fused-ring (bicyclic) bond motifs is 8. The molecule has 15 atom stereocenters. The Kier molecular flexibility index (Phi) is 28.0. The number of carbonyl (C=O) groups excluding carboxylic acids is 9. The molecule has 10 heterocycles. The van der Waals surface area contributed by atoms with Gasteiger partial charge in [0.25, 0.3) is 7.82 Å². The number of primary amides is 6. The first-order valence-corrected chi connectivity index (χ1v) is 42.9. The summed E-state index contributed by atoms with van der Waals surface area (Å²) >= 11 is 0.0230. The van der Waals surface area contributed by atoms with Crippen molar-refractivity contribution in [2.75, 3.05) is 32.8 Å². The summed E-state index contributed by atoms with van der Waals surface area (Å²) in [4.78, 5) is 159. The quantitative estimate of drug-likeness (QED) is 0.0203. The number of likely N-dealkylation sites (tertiary alicyclic amines) is 1. The minimum Gasteiger partial charge on any atom is -0.461 e. The van der Waals surface area contributed by atoms with Gasteiger partial charge in [-0.05, 0) is 95.2 Å². The molecule has 4 aromatic rings. The van der Waals surface area contributed by atoms with Crippen molar-refractivity contribution in [3.8, 4) is 5.00 Å². The van der Waals surface area contributed by atoms with E-state index in [0.29, 0.717) is 93.4 Å². The minimum atomic E-state index is -5.35. The average molecular weight is 1730 g/mol. The van der Waals surface area contributed by atoms with Crippen LogP contribution in [0, 0.1) is 69.4 Å². The number of pyridine rings is 1. The van der Waals surface area contributed by atoms with E-state index in [0.717, 1.165) is 24.0 Å². The number of nitrogens with one attached hydrogen (secondary N) is 1. The first-order chi connectivity index (χ1) is 56.1. The van der Waals surface area contributed by atoms with Gasteiger partial charge in [-0.25, -0.2) is 19.6 Å². The summed E-state index contributed by atoms with van der Waals surface area (Å²) in [5, 5.41) is 37.9. The molecule has 3 saturated heterocycles. The Balaban J connectivity index is 0.000000471. The number of nitrogens with two attached hydrogens (primary N) is 6. The number of amides is 8. The number of aromatic nitrogens is 4. The van der Waals surface area contributed by atoms with Crippen LogP contribution in [-0.4, -0.2) is 183 Å². The fourth-order valence-electron chi connectivity index (χ4n) is 19.0. The van der Waals surface area contributed by atoms with Gasteiger partial charge < -0.3 is 47.7 Å². The third-order valence-electron chi connectivity index (χ3n) is 25.4. The molecule has 0 spiro atoms. The number of nitriles is 1. The molecular formula is C83H115CoN17O18P. The number of aliphatic imine (C=N–C) groups is 3. The predicted octanol–water partition coefficient (Wildman–Crippen LogP) is 6.35. The summed E-state index contributed by atoms with van der Waals surface area (Å²) in [6.45, 7) is 27.9. The molecule has 0 saturated carbocycles. The molecule has 2 unspecified atom stereocenters. The van der Waals surface area contributed by atoms with Gasteiger partial charge in [0.2, 0.25) is 0 Å². The summed E-state index contributed by atoms with van der Waals surface area (Å²) in [7, 11) is -5.35. The number of phosphoric acid groups is 1. The molecule has 120 heavy (non-hydrogen) atoms. The molecule has 37 heteroatoms. The van der Waals surface area contributed by atoms with Crippen LogP contribution in [0.1, 0.15) is 213 Å². The van der Waals surface area contributed by atoms with E-state index in [-0.39, 0.29) is 98.2 Å². The second-order valence-corrected chi connectivity index (χ2v) is 37.4. The molecule has 0 aliphatic carbocycles. The topological polar surface area (TPSA) is 551 Å². The van der Waals surface area contributed by atoms with Crippen LogP contribution in [0.2, 0.25) is 0 Å². The van der Waals surface area contributed by atoms with Crippen LogP contribution in [0.4, 0.5) is 4.79 Å². The maximum absolute atomic E-state index is 14.5. The Morgan fingerprint density at radius 3 is 2.02 bits per heavy atom. The minimum absolute atomic E-state index is 0.0111. The van der Waals surface area contributed by atoms with E-state index in [1.165, 1.54) is 23.4 Å². The van der Waals surface area contributed by atoms with Gasteiger partial charge >= 0.3 is 429 Å². The van der Waals surface area contributed by atoms with Crippen molar-refractivity contribution in [3.05, 3.63) is 99.7 Å². The summed E-state index contributed by atoms with van der Waals surface area (Å²) in [6.07, 6.45) is -0.155. The standard InChI is InChI=1S/C62H90N13O14P.C20H27N3O4.CN.Co/c1-29-20-39-40(21-30(29)2)75(28-70-39)57-52(84)53(41(27-76)87-57)89-90(85,86)88-31(3)26-69-49(83)18-19-59(8)37(22-46(66)80)56-62(11)61(10,25-48(68)82)36(14-17-45(65)79)51(74-62)33(5)55-60(9,24-47(67)81)34(12-15-43(63)77)38(71-55)23-42-58(6,7)35(13-16-44(64)78)50(72-42)32(4)54(59)73-56;1-5-26-18(24)16-13-23-12-15(6-7-17(23)21-16)14-8-10-22(11-9-14)19(25)27-20(2,3)4;1-2;/h20-21,23,28,31,34-37,41,52-53,56-57,76,84H,12-19,22,24-27H2,1-11H3,(H15,63,64,65,66,67,68,69,71,72,73,74,77,78,79,80,81,82,83,85,86);6-7,12-14H,5,8-11H2,1-4H3;;/q;;;+2/p-2/t31?,34-,35-,36-,37+,41-,52-,53-,56-,57+,59-,60+,61+,62+;;;/m1.../s1. The van der Waals surface area contributed by atoms with Crippen LogP contribution >= 0.6 is 7.82 Å². The summed E-state index contributed by atoms with van der Waals surface area (Å²) in [5.41, 5.74) is 38.1. The first-order valence-electron chi connectivity index (χ1n) is 40.4. The van der Waals surface area contributed by atoms with Crippen molar-refractivity contribution in [2.45, 2.75) is 241 Å². The van der Waals surface area contributed by atoms with E-state index in [2.05, 4.69) is 20.3 Å². The Morgan fingerprint density at radius 1 is 0.808 bits per heavy atom. The van der Waals surface area contributed by atoms with Crippen molar-refractivity contribution < 1.29 is 101 Å². The number of aliphatic hydroxyl groups excluding tert-OH is 2. The number of phosphoric ester groups is 1. The first kappa shape index (κ1) is 92.7. The number of rotatable bonds is 30. The molecule has 0 radical (unpaired) electrons. The monoisotopic (exact) mass is 1730 g/mol. The van der Waals surface area contributed by atoms with Crippen LogP contribution in [-0.2, 0) is 76.3 Å². The summed E-state index contributed by atoms with van der Waals surface area (Å²) < 4.78 is 46.1. The predicted molar refractivity (Wildman–Crippen MR) is 437 cm³/mol. The molecule has 7 aliphatic heterocycles. The fourth-order valence-corrected chi connectivity index (χ4v) is 21.3. The number of imidazole rings is 2. The molecule has 8 amide bonds. The van der Waals surface area contributed by atoms with Crippen LogP contribution in [0.25, 0.3) is 16.7 Å².